The van der Waals surface area contributed by atoms with Crippen LogP contribution in [0.1, 0.15) is 51.4 Å². The van der Waals surface area contributed by atoms with Crippen molar-refractivity contribution in [3.63, 3.8) is 0 Å². The van der Waals surface area contributed by atoms with Gasteiger partial charge in [0.15, 0.2) is 11.5 Å². The van der Waals surface area contributed by atoms with Gasteiger partial charge in [0.1, 0.15) is 5.82 Å². The van der Waals surface area contributed by atoms with Gasteiger partial charge in [0.05, 0.1) is 19.3 Å². The number of aromatic nitrogens is 2. The first-order valence-electron chi connectivity index (χ1n) is 12.2. The molecular formula is C25H37N5O3. The van der Waals surface area contributed by atoms with Crippen LogP contribution in [0.2, 0.25) is 0 Å². The van der Waals surface area contributed by atoms with Crippen LogP contribution in [0.3, 0.4) is 0 Å². The molecule has 2 heterocycles. The molecular weight excluding hydrogens is 418 g/mol. The topological polar surface area (TPSA) is 91.8 Å². The fourth-order valence-corrected chi connectivity index (χ4v) is 4.63. The molecule has 1 saturated heterocycles. The van der Waals surface area contributed by atoms with Gasteiger partial charge < -0.3 is 30.1 Å². The summed E-state index contributed by atoms with van der Waals surface area (Å²) in [5.74, 6) is 2.59. The number of hydrogen-bond acceptors (Lipinski definition) is 8. The van der Waals surface area contributed by atoms with E-state index in [1.54, 1.807) is 13.3 Å². The van der Waals surface area contributed by atoms with Crippen molar-refractivity contribution in [3.05, 3.63) is 30.5 Å². The predicted octanol–water partition coefficient (Wildman–Crippen LogP) is 4.20. The minimum absolute atomic E-state index is 0.487. The molecule has 33 heavy (non-hydrogen) atoms. The molecule has 0 spiro atoms. The molecule has 180 valence electrons. The molecule has 4 rings (SSSR count). The second-order valence-electron chi connectivity index (χ2n) is 9.15. The lowest BCUT2D eigenvalue weighted by Gasteiger charge is -2.32. The Balaban J connectivity index is 1.32. The Morgan fingerprint density at radius 1 is 1.06 bits per heavy atom. The van der Waals surface area contributed by atoms with Crippen molar-refractivity contribution in [1.29, 1.82) is 0 Å². The third-order valence-corrected chi connectivity index (χ3v) is 6.53. The van der Waals surface area contributed by atoms with E-state index in [0.29, 0.717) is 36.4 Å². The fraction of sp³-hybridized carbons (Fsp3) is 0.600. The fourth-order valence-electron chi connectivity index (χ4n) is 4.63. The minimum atomic E-state index is -0.645. The molecule has 1 aromatic heterocycles. The summed E-state index contributed by atoms with van der Waals surface area (Å²) in [5, 5.41) is 17.2. The molecule has 0 radical (unpaired) electrons. The first-order chi connectivity index (χ1) is 16.1. The molecule has 0 unspecified atom stereocenters. The maximum atomic E-state index is 10.7. The van der Waals surface area contributed by atoms with Gasteiger partial charge in [-0.05, 0) is 63.4 Å². The normalized spacial score (nSPS) is 18.1. The number of nitrogens with zero attached hydrogens (tertiary/aromatic N) is 3. The Hall–Kier alpha value is -2.58. The van der Waals surface area contributed by atoms with E-state index in [4.69, 9.17) is 9.47 Å². The quantitative estimate of drug-likeness (QED) is 0.434. The molecule has 1 aromatic carbocycles. The van der Waals surface area contributed by atoms with Crippen molar-refractivity contribution in [2.24, 2.45) is 0 Å². The van der Waals surface area contributed by atoms with Crippen LogP contribution in [0.4, 0.5) is 17.5 Å². The standard InChI is InChI=1S/C25H37N5O3/c1-32-21-9-8-20(18-22(21)33-17-7-16-30-14-5-6-15-30)28-24-26-13-10-23(29-24)27-19-25(31)11-3-2-4-12-25/h8-10,13,18,31H,2-7,11-12,14-17,19H2,1H3,(H2,26,27,28,29). The Morgan fingerprint density at radius 2 is 1.88 bits per heavy atom. The average Bonchev–Trinajstić information content (AvgIpc) is 3.35. The Labute approximate surface area is 196 Å². The summed E-state index contributed by atoms with van der Waals surface area (Å²) < 4.78 is 11.5. The van der Waals surface area contributed by atoms with Gasteiger partial charge in [0.25, 0.3) is 0 Å². The lowest BCUT2D eigenvalue weighted by atomic mass is 9.85. The van der Waals surface area contributed by atoms with Crippen LogP contribution >= 0.6 is 0 Å². The Bertz CT molecular complexity index is 882. The average molecular weight is 456 g/mol. The highest BCUT2D eigenvalue weighted by molar-refractivity contribution is 5.60. The molecule has 2 fully saturated rings. The van der Waals surface area contributed by atoms with Gasteiger partial charge in [-0.2, -0.15) is 4.98 Å². The molecule has 0 bridgehead atoms. The number of nitrogens with one attached hydrogen (secondary N) is 2. The maximum absolute atomic E-state index is 10.7. The molecule has 8 heteroatoms. The van der Waals surface area contributed by atoms with Gasteiger partial charge in [0.2, 0.25) is 5.95 Å². The summed E-state index contributed by atoms with van der Waals surface area (Å²) in [4.78, 5) is 11.4. The van der Waals surface area contributed by atoms with E-state index in [0.717, 1.165) is 44.3 Å². The molecule has 0 atom stereocenters. The minimum Gasteiger partial charge on any atom is -0.493 e. The zero-order valence-corrected chi connectivity index (χ0v) is 19.7. The zero-order valence-electron chi connectivity index (χ0n) is 19.7. The smallest absolute Gasteiger partial charge is 0.229 e. The highest BCUT2D eigenvalue weighted by Gasteiger charge is 2.28. The molecule has 8 nitrogen and oxygen atoms in total. The maximum Gasteiger partial charge on any atom is 0.229 e. The molecule has 1 aliphatic heterocycles. The lowest BCUT2D eigenvalue weighted by Crippen LogP contribution is -2.38. The van der Waals surface area contributed by atoms with Crippen LogP contribution in [-0.4, -0.2) is 65.5 Å². The SMILES string of the molecule is COc1ccc(Nc2nccc(NCC3(O)CCCCC3)n2)cc1OCCCN1CCCC1. The van der Waals surface area contributed by atoms with Gasteiger partial charge >= 0.3 is 0 Å². The van der Waals surface area contributed by atoms with Gasteiger partial charge in [-0.1, -0.05) is 19.3 Å². The van der Waals surface area contributed by atoms with Crippen molar-refractivity contribution in [3.8, 4) is 11.5 Å². The molecule has 1 aliphatic carbocycles. The van der Waals surface area contributed by atoms with E-state index in [1.165, 1.54) is 32.4 Å². The number of methoxy groups -OCH3 is 1. The number of hydrogen-bond donors (Lipinski definition) is 3. The molecule has 1 saturated carbocycles. The van der Waals surface area contributed by atoms with Crippen LogP contribution in [0.15, 0.2) is 30.5 Å². The number of rotatable bonds is 11. The third-order valence-electron chi connectivity index (χ3n) is 6.53. The van der Waals surface area contributed by atoms with Gasteiger partial charge in [-0.25, -0.2) is 4.98 Å². The van der Waals surface area contributed by atoms with Crippen molar-refractivity contribution in [2.45, 2.75) is 57.0 Å². The second-order valence-corrected chi connectivity index (χ2v) is 9.15. The van der Waals surface area contributed by atoms with Crippen LogP contribution in [0.25, 0.3) is 0 Å². The monoisotopic (exact) mass is 455 g/mol. The summed E-state index contributed by atoms with van der Waals surface area (Å²) >= 11 is 0. The summed E-state index contributed by atoms with van der Waals surface area (Å²) in [7, 11) is 1.65. The highest BCUT2D eigenvalue weighted by atomic mass is 16.5. The summed E-state index contributed by atoms with van der Waals surface area (Å²) in [6.07, 6.45) is 10.3. The molecule has 0 amide bonds. The number of benzene rings is 1. The Morgan fingerprint density at radius 3 is 2.67 bits per heavy atom. The predicted molar refractivity (Wildman–Crippen MR) is 131 cm³/mol. The van der Waals surface area contributed by atoms with Gasteiger partial charge in [-0.15, -0.1) is 0 Å². The van der Waals surface area contributed by atoms with Crippen LogP contribution in [0.5, 0.6) is 11.5 Å². The van der Waals surface area contributed by atoms with E-state index in [1.807, 2.05) is 24.3 Å². The summed E-state index contributed by atoms with van der Waals surface area (Å²) in [6.45, 7) is 4.63. The van der Waals surface area contributed by atoms with Crippen molar-refractivity contribution < 1.29 is 14.6 Å². The number of ether oxygens (including phenoxy) is 2. The Kier molecular flexibility index (Phi) is 8.23. The second kappa shape index (κ2) is 11.5. The zero-order chi connectivity index (χ0) is 22.9. The number of anilines is 3. The lowest BCUT2D eigenvalue weighted by molar-refractivity contribution is 0.0166. The third kappa shape index (κ3) is 6.95. The summed E-state index contributed by atoms with van der Waals surface area (Å²) in [5.41, 5.74) is 0.182. The number of likely N-dealkylation sites (tertiary alicyclic amines) is 1. The summed E-state index contributed by atoms with van der Waals surface area (Å²) in [6, 6.07) is 7.55. The van der Waals surface area contributed by atoms with Crippen molar-refractivity contribution >= 4 is 17.5 Å². The number of aliphatic hydroxyl groups is 1. The first kappa shape index (κ1) is 23.6. The van der Waals surface area contributed by atoms with Crippen LogP contribution < -0.4 is 20.1 Å². The van der Waals surface area contributed by atoms with Crippen molar-refractivity contribution in [1.82, 2.24) is 14.9 Å². The van der Waals surface area contributed by atoms with Gasteiger partial charge in [0, 0.05) is 31.0 Å². The van der Waals surface area contributed by atoms with Crippen LogP contribution in [-0.2, 0) is 0 Å². The van der Waals surface area contributed by atoms with E-state index in [2.05, 4.69) is 25.5 Å². The molecule has 2 aliphatic rings. The van der Waals surface area contributed by atoms with E-state index in [9.17, 15) is 5.11 Å². The highest BCUT2D eigenvalue weighted by Crippen LogP contribution is 2.32. The van der Waals surface area contributed by atoms with E-state index >= 15 is 0 Å². The van der Waals surface area contributed by atoms with E-state index < -0.39 is 5.60 Å². The van der Waals surface area contributed by atoms with E-state index in [-0.39, 0.29) is 0 Å². The molecule has 3 N–H and O–H groups in total. The molecule has 2 aromatic rings. The van der Waals surface area contributed by atoms with Crippen LogP contribution in [0, 0.1) is 0 Å². The van der Waals surface area contributed by atoms with Gasteiger partial charge in [-0.3, -0.25) is 0 Å². The van der Waals surface area contributed by atoms with Crippen molar-refractivity contribution in [2.75, 3.05) is 50.5 Å². The largest absolute Gasteiger partial charge is 0.493 e. The first-order valence-corrected chi connectivity index (χ1v) is 12.2.